The molecule has 4 unspecified atom stereocenters. The average Bonchev–Trinajstić information content (AvgIpc) is 2.45. The van der Waals surface area contributed by atoms with E-state index >= 15 is 0 Å². The maximum absolute atomic E-state index is 11.3. The molecule has 0 bridgehead atoms. The highest BCUT2D eigenvalue weighted by Gasteiger charge is 2.47. The SMILES string of the molecule is CC(=O)OCC1OCC(N=[N+]=[N-])[C@@H](OC(C)=O)[C@H]1C(O)C(C)O. The topological polar surface area (TPSA) is 151 Å². The van der Waals surface area contributed by atoms with Crippen molar-refractivity contribution in [2.24, 2.45) is 11.0 Å². The molecule has 0 aromatic carbocycles. The summed E-state index contributed by atoms with van der Waals surface area (Å²) in [4.78, 5) is 25.0. The third-order valence-electron chi connectivity index (χ3n) is 3.51. The lowest BCUT2D eigenvalue weighted by Crippen LogP contribution is -2.57. The fourth-order valence-electron chi connectivity index (χ4n) is 2.50. The summed E-state index contributed by atoms with van der Waals surface area (Å²) in [5.74, 6) is -2.10. The summed E-state index contributed by atoms with van der Waals surface area (Å²) < 4.78 is 15.6. The standard InChI is InChI=1S/C13H21N3O7/c1-6(17)12(20)11-10(5-21-7(2)18)22-4-9(15-16-14)13(11)23-8(3)19/h6,9-13,17,20H,4-5H2,1-3H3/t6?,9?,10?,11-,12?,13-/m1/s1. The van der Waals surface area contributed by atoms with Gasteiger partial charge in [-0.05, 0) is 12.5 Å². The highest BCUT2D eigenvalue weighted by atomic mass is 16.6. The summed E-state index contributed by atoms with van der Waals surface area (Å²) >= 11 is 0. The molecule has 130 valence electrons. The second-order valence-electron chi connectivity index (χ2n) is 5.33. The Balaban J connectivity index is 3.10. The number of aliphatic hydroxyl groups is 2. The molecule has 6 atom stereocenters. The van der Waals surface area contributed by atoms with Crippen LogP contribution in [0.3, 0.4) is 0 Å². The van der Waals surface area contributed by atoms with Gasteiger partial charge in [0.25, 0.3) is 0 Å². The third kappa shape index (κ3) is 5.36. The summed E-state index contributed by atoms with van der Waals surface area (Å²) in [5.41, 5.74) is 8.63. The van der Waals surface area contributed by atoms with Gasteiger partial charge in [0.1, 0.15) is 18.8 Å². The fourth-order valence-corrected chi connectivity index (χ4v) is 2.50. The molecule has 10 heteroatoms. The number of hydrogen-bond acceptors (Lipinski definition) is 8. The molecular formula is C13H21N3O7. The van der Waals surface area contributed by atoms with E-state index in [1.807, 2.05) is 0 Å². The van der Waals surface area contributed by atoms with Crippen LogP contribution in [0.25, 0.3) is 10.4 Å². The van der Waals surface area contributed by atoms with Crippen molar-refractivity contribution in [3.8, 4) is 0 Å². The van der Waals surface area contributed by atoms with Crippen LogP contribution in [0, 0.1) is 5.92 Å². The molecular weight excluding hydrogens is 310 g/mol. The summed E-state index contributed by atoms with van der Waals surface area (Å²) in [5, 5.41) is 23.5. The van der Waals surface area contributed by atoms with Crippen LogP contribution in [0.1, 0.15) is 20.8 Å². The molecule has 0 aromatic heterocycles. The lowest BCUT2D eigenvalue weighted by Gasteiger charge is -2.43. The number of hydrogen-bond donors (Lipinski definition) is 2. The van der Waals surface area contributed by atoms with Gasteiger partial charge >= 0.3 is 11.9 Å². The van der Waals surface area contributed by atoms with Crippen molar-refractivity contribution >= 4 is 11.9 Å². The van der Waals surface area contributed by atoms with E-state index in [2.05, 4.69) is 10.0 Å². The summed E-state index contributed by atoms with van der Waals surface area (Å²) in [7, 11) is 0. The van der Waals surface area contributed by atoms with E-state index in [1.165, 1.54) is 20.8 Å². The highest BCUT2D eigenvalue weighted by Crippen LogP contribution is 2.31. The van der Waals surface area contributed by atoms with Crippen LogP contribution in [0.2, 0.25) is 0 Å². The Morgan fingerprint density at radius 1 is 1.39 bits per heavy atom. The van der Waals surface area contributed by atoms with Gasteiger partial charge in [-0.1, -0.05) is 5.11 Å². The number of azide groups is 1. The van der Waals surface area contributed by atoms with Crippen LogP contribution >= 0.6 is 0 Å². The molecule has 0 radical (unpaired) electrons. The Morgan fingerprint density at radius 2 is 2.04 bits per heavy atom. The van der Waals surface area contributed by atoms with Crippen LogP contribution in [-0.2, 0) is 23.8 Å². The molecule has 1 aliphatic heterocycles. The van der Waals surface area contributed by atoms with Gasteiger partial charge in [0.05, 0.1) is 30.8 Å². The lowest BCUT2D eigenvalue weighted by atomic mass is 9.82. The van der Waals surface area contributed by atoms with Crippen LogP contribution in [0.4, 0.5) is 0 Å². The number of esters is 2. The second kappa shape index (κ2) is 8.68. The van der Waals surface area contributed by atoms with E-state index in [9.17, 15) is 19.8 Å². The van der Waals surface area contributed by atoms with Crippen molar-refractivity contribution in [2.45, 2.75) is 51.2 Å². The molecule has 0 saturated carbocycles. The highest BCUT2D eigenvalue weighted by molar-refractivity contribution is 5.66. The van der Waals surface area contributed by atoms with E-state index < -0.39 is 48.3 Å². The van der Waals surface area contributed by atoms with E-state index in [1.54, 1.807) is 0 Å². The maximum atomic E-state index is 11.3. The first-order valence-corrected chi connectivity index (χ1v) is 7.10. The van der Waals surface area contributed by atoms with Crippen LogP contribution in [0.5, 0.6) is 0 Å². The predicted molar refractivity (Wildman–Crippen MR) is 76.0 cm³/mol. The molecule has 1 rings (SSSR count). The van der Waals surface area contributed by atoms with Gasteiger partial charge in [-0.25, -0.2) is 0 Å². The molecule has 23 heavy (non-hydrogen) atoms. The maximum Gasteiger partial charge on any atom is 0.302 e. The van der Waals surface area contributed by atoms with Crippen molar-refractivity contribution in [1.29, 1.82) is 0 Å². The van der Waals surface area contributed by atoms with Gasteiger partial charge in [0, 0.05) is 18.8 Å². The van der Waals surface area contributed by atoms with Gasteiger partial charge in [-0.15, -0.1) is 0 Å². The Hall–Kier alpha value is -1.87. The number of nitrogens with zero attached hydrogens (tertiary/aromatic N) is 3. The molecule has 1 heterocycles. The first kappa shape index (κ1) is 19.2. The third-order valence-corrected chi connectivity index (χ3v) is 3.51. The molecule has 0 amide bonds. The largest absolute Gasteiger partial charge is 0.463 e. The number of aliphatic hydroxyl groups excluding tert-OH is 2. The number of ether oxygens (including phenoxy) is 3. The molecule has 1 fully saturated rings. The zero-order chi connectivity index (χ0) is 17.6. The number of rotatable bonds is 6. The predicted octanol–water partition coefficient (Wildman–Crippen LogP) is -0.0832. The molecule has 1 aliphatic rings. The Bertz CT molecular complexity index is 478. The van der Waals surface area contributed by atoms with Crippen LogP contribution in [0.15, 0.2) is 5.11 Å². The zero-order valence-corrected chi connectivity index (χ0v) is 13.2. The summed E-state index contributed by atoms with van der Waals surface area (Å²) in [6.45, 7) is 3.49. The van der Waals surface area contributed by atoms with Crippen LogP contribution in [-0.4, -0.2) is 65.8 Å². The van der Waals surface area contributed by atoms with Crippen molar-refractivity contribution in [1.82, 2.24) is 0 Å². The minimum Gasteiger partial charge on any atom is -0.463 e. The van der Waals surface area contributed by atoms with E-state index in [4.69, 9.17) is 19.7 Å². The molecule has 0 aliphatic carbocycles. The van der Waals surface area contributed by atoms with E-state index in [0.29, 0.717) is 0 Å². The van der Waals surface area contributed by atoms with Crippen molar-refractivity contribution in [3.63, 3.8) is 0 Å². The van der Waals surface area contributed by atoms with E-state index in [0.717, 1.165) is 0 Å². The normalized spacial score (nSPS) is 29.8. The minimum atomic E-state index is -1.34. The Kier molecular flexibility index (Phi) is 7.24. The first-order chi connectivity index (χ1) is 10.8. The summed E-state index contributed by atoms with van der Waals surface area (Å²) in [6, 6.07) is -0.865. The van der Waals surface area contributed by atoms with Crippen LogP contribution < -0.4 is 0 Å². The van der Waals surface area contributed by atoms with Crippen molar-refractivity contribution in [3.05, 3.63) is 10.4 Å². The molecule has 0 aromatic rings. The zero-order valence-electron chi connectivity index (χ0n) is 13.2. The van der Waals surface area contributed by atoms with Gasteiger partial charge in [-0.3, -0.25) is 9.59 Å². The lowest BCUT2D eigenvalue weighted by molar-refractivity contribution is -0.195. The summed E-state index contributed by atoms with van der Waals surface area (Å²) in [6.07, 6.45) is -4.33. The van der Waals surface area contributed by atoms with Crippen molar-refractivity contribution in [2.75, 3.05) is 13.2 Å². The van der Waals surface area contributed by atoms with Gasteiger partial charge in [-0.2, -0.15) is 0 Å². The molecule has 10 nitrogen and oxygen atoms in total. The minimum absolute atomic E-state index is 0.0725. The van der Waals surface area contributed by atoms with E-state index in [-0.39, 0.29) is 13.2 Å². The first-order valence-electron chi connectivity index (χ1n) is 7.10. The van der Waals surface area contributed by atoms with Gasteiger partial charge in [0.2, 0.25) is 0 Å². The molecule has 2 N–H and O–H groups in total. The average molecular weight is 331 g/mol. The Labute approximate surface area is 132 Å². The second-order valence-corrected chi connectivity index (χ2v) is 5.33. The Morgan fingerprint density at radius 3 is 2.52 bits per heavy atom. The quantitative estimate of drug-likeness (QED) is 0.299. The smallest absolute Gasteiger partial charge is 0.302 e. The molecule has 1 saturated heterocycles. The van der Waals surface area contributed by atoms with Gasteiger partial charge < -0.3 is 24.4 Å². The van der Waals surface area contributed by atoms with Crippen molar-refractivity contribution < 1.29 is 34.0 Å². The van der Waals surface area contributed by atoms with Gasteiger partial charge in [0.15, 0.2) is 0 Å². The fraction of sp³-hybridized carbons (Fsp3) is 0.846. The molecule has 0 spiro atoms. The number of carbonyl (C=O) groups is 2. The monoisotopic (exact) mass is 331 g/mol. The number of carbonyl (C=O) groups excluding carboxylic acids is 2.